The molecule has 0 fully saturated rings. The Labute approximate surface area is 107 Å². The summed E-state index contributed by atoms with van der Waals surface area (Å²) < 4.78 is 89.8. The number of nitrogens with zero attached hydrogens (tertiary/aromatic N) is 1. The SMILES string of the molecule is FC(F)C(F)(F)COc1cc(C(F)(F)F)cc(Cl)n1. The van der Waals surface area contributed by atoms with E-state index < -0.39 is 41.7 Å². The van der Waals surface area contributed by atoms with Gasteiger partial charge in [-0.25, -0.2) is 13.8 Å². The summed E-state index contributed by atoms with van der Waals surface area (Å²) in [6, 6.07) is 0.729. The topological polar surface area (TPSA) is 22.1 Å². The van der Waals surface area contributed by atoms with E-state index in [1.807, 2.05) is 0 Å². The highest BCUT2D eigenvalue weighted by Gasteiger charge is 2.42. The third-order valence-corrected chi connectivity index (χ3v) is 2.02. The Hall–Kier alpha value is -1.25. The first kappa shape index (κ1) is 15.8. The molecule has 0 aliphatic carbocycles. The molecular weight excluding hydrogens is 307 g/mol. The maximum absolute atomic E-state index is 12.5. The average molecular weight is 312 g/mol. The van der Waals surface area contributed by atoms with E-state index in [1.54, 1.807) is 0 Å². The van der Waals surface area contributed by atoms with Crippen LogP contribution in [0.3, 0.4) is 0 Å². The number of alkyl halides is 7. The van der Waals surface area contributed by atoms with Crippen molar-refractivity contribution in [1.29, 1.82) is 0 Å². The molecule has 0 amide bonds. The van der Waals surface area contributed by atoms with E-state index in [0.29, 0.717) is 6.07 Å². The van der Waals surface area contributed by atoms with Crippen molar-refractivity contribution >= 4 is 11.6 Å². The highest BCUT2D eigenvalue weighted by atomic mass is 35.5. The van der Waals surface area contributed by atoms with Crippen LogP contribution in [0.2, 0.25) is 5.15 Å². The van der Waals surface area contributed by atoms with E-state index in [-0.39, 0.29) is 6.07 Å². The average Bonchev–Trinajstić information content (AvgIpc) is 2.24. The quantitative estimate of drug-likeness (QED) is 0.618. The molecule has 1 rings (SSSR count). The van der Waals surface area contributed by atoms with Gasteiger partial charge in [0.05, 0.1) is 5.56 Å². The van der Waals surface area contributed by atoms with E-state index in [2.05, 4.69) is 9.72 Å². The van der Waals surface area contributed by atoms with Crippen LogP contribution in [0.1, 0.15) is 5.56 Å². The minimum Gasteiger partial charge on any atom is -0.471 e. The van der Waals surface area contributed by atoms with E-state index in [9.17, 15) is 30.7 Å². The largest absolute Gasteiger partial charge is 0.471 e. The van der Waals surface area contributed by atoms with Gasteiger partial charge in [0.15, 0.2) is 6.61 Å². The first-order chi connectivity index (χ1) is 8.52. The van der Waals surface area contributed by atoms with Gasteiger partial charge < -0.3 is 4.74 Å². The predicted octanol–water partition coefficient (Wildman–Crippen LogP) is 4.03. The Kier molecular flexibility index (Phi) is 4.49. The molecule has 0 spiro atoms. The molecule has 0 radical (unpaired) electrons. The summed E-state index contributed by atoms with van der Waals surface area (Å²) in [7, 11) is 0. The van der Waals surface area contributed by atoms with Crippen LogP contribution in [0.4, 0.5) is 30.7 Å². The fourth-order valence-corrected chi connectivity index (χ4v) is 1.14. The summed E-state index contributed by atoms with van der Waals surface area (Å²) in [5.74, 6) is -5.41. The van der Waals surface area contributed by atoms with Gasteiger partial charge in [0, 0.05) is 6.07 Å². The second-order valence-corrected chi connectivity index (χ2v) is 3.75. The Morgan fingerprint density at radius 3 is 2.21 bits per heavy atom. The van der Waals surface area contributed by atoms with E-state index in [4.69, 9.17) is 11.6 Å². The maximum atomic E-state index is 12.5. The molecule has 2 nitrogen and oxygen atoms in total. The van der Waals surface area contributed by atoms with Crippen molar-refractivity contribution in [3.63, 3.8) is 0 Å². The fraction of sp³-hybridized carbons (Fsp3) is 0.444. The van der Waals surface area contributed by atoms with Gasteiger partial charge in [-0.2, -0.15) is 22.0 Å². The first-order valence-corrected chi connectivity index (χ1v) is 4.94. The number of hydrogen-bond donors (Lipinski definition) is 0. The molecule has 0 unspecified atom stereocenters. The van der Waals surface area contributed by atoms with Crippen molar-refractivity contribution in [3.8, 4) is 5.88 Å². The zero-order valence-electron chi connectivity index (χ0n) is 8.82. The molecule has 0 saturated carbocycles. The monoisotopic (exact) mass is 311 g/mol. The lowest BCUT2D eigenvalue weighted by Crippen LogP contribution is -2.34. The van der Waals surface area contributed by atoms with Crippen LogP contribution in [0, 0.1) is 0 Å². The maximum Gasteiger partial charge on any atom is 0.416 e. The second kappa shape index (κ2) is 5.40. The normalized spacial score (nSPS) is 12.9. The lowest BCUT2D eigenvalue weighted by molar-refractivity contribution is -0.149. The first-order valence-electron chi connectivity index (χ1n) is 4.56. The predicted molar refractivity (Wildman–Crippen MR) is 50.7 cm³/mol. The van der Waals surface area contributed by atoms with Gasteiger partial charge >= 0.3 is 18.5 Å². The second-order valence-electron chi connectivity index (χ2n) is 3.36. The highest BCUT2D eigenvalue weighted by molar-refractivity contribution is 6.29. The Morgan fingerprint density at radius 2 is 1.74 bits per heavy atom. The van der Waals surface area contributed by atoms with Gasteiger partial charge in [0.1, 0.15) is 5.15 Å². The standard InChI is InChI=1S/C9H5ClF7NO/c10-5-1-4(9(15,16)17)2-6(18-5)19-3-8(13,14)7(11)12/h1-2,7H,3H2. The zero-order chi connectivity index (χ0) is 14.8. The number of rotatable bonds is 4. The minimum atomic E-state index is -4.80. The molecule has 1 aromatic rings. The molecule has 1 heterocycles. The van der Waals surface area contributed by atoms with Crippen molar-refractivity contribution in [3.05, 3.63) is 22.8 Å². The molecule has 0 aliphatic heterocycles. The molecule has 0 aromatic carbocycles. The van der Waals surface area contributed by atoms with Crippen LogP contribution in [0.25, 0.3) is 0 Å². The molecule has 0 N–H and O–H groups in total. The van der Waals surface area contributed by atoms with Crippen molar-refractivity contribution in [2.24, 2.45) is 0 Å². The van der Waals surface area contributed by atoms with E-state index in [1.165, 1.54) is 0 Å². The van der Waals surface area contributed by atoms with Gasteiger partial charge in [-0.05, 0) is 6.07 Å². The third-order valence-electron chi connectivity index (χ3n) is 1.83. The Morgan fingerprint density at radius 1 is 1.16 bits per heavy atom. The van der Waals surface area contributed by atoms with Crippen LogP contribution < -0.4 is 4.74 Å². The Balaban J connectivity index is 2.88. The molecule has 0 atom stereocenters. The number of ether oxygens (including phenoxy) is 1. The van der Waals surface area contributed by atoms with Crippen molar-refractivity contribution in [2.45, 2.75) is 18.5 Å². The van der Waals surface area contributed by atoms with E-state index >= 15 is 0 Å². The molecule has 19 heavy (non-hydrogen) atoms. The van der Waals surface area contributed by atoms with E-state index in [0.717, 1.165) is 0 Å². The fourth-order valence-electron chi connectivity index (χ4n) is 0.944. The molecule has 0 aliphatic rings. The summed E-state index contributed by atoms with van der Waals surface area (Å²) in [5.41, 5.74) is -1.29. The summed E-state index contributed by atoms with van der Waals surface area (Å²) in [6.45, 7) is -1.81. The van der Waals surface area contributed by atoms with Gasteiger partial charge in [-0.1, -0.05) is 11.6 Å². The van der Waals surface area contributed by atoms with Crippen LogP contribution in [0.5, 0.6) is 5.88 Å². The van der Waals surface area contributed by atoms with Gasteiger partial charge in [0.25, 0.3) is 0 Å². The van der Waals surface area contributed by atoms with Crippen LogP contribution in [0.15, 0.2) is 12.1 Å². The number of aromatic nitrogens is 1. The molecular formula is C9H5ClF7NO. The summed E-state index contributed by atoms with van der Waals surface area (Å²) in [6.07, 6.45) is -8.80. The molecule has 0 bridgehead atoms. The molecule has 10 heteroatoms. The van der Waals surface area contributed by atoms with Crippen molar-refractivity contribution < 1.29 is 35.5 Å². The van der Waals surface area contributed by atoms with Gasteiger partial charge in [-0.3, -0.25) is 0 Å². The molecule has 0 saturated heterocycles. The van der Waals surface area contributed by atoms with Gasteiger partial charge in [0.2, 0.25) is 5.88 Å². The summed E-state index contributed by atoms with van der Waals surface area (Å²) in [5, 5.41) is -0.662. The zero-order valence-corrected chi connectivity index (χ0v) is 9.57. The summed E-state index contributed by atoms with van der Waals surface area (Å²) in [4.78, 5) is 3.17. The van der Waals surface area contributed by atoms with Crippen LogP contribution in [-0.2, 0) is 6.18 Å². The Bertz CT molecular complexity index is 449. The molecule has 108 valence electrons. The van der Waals surface area contributed by atoms with Gasteiger partial charge in [-0.15, -0.1) is 0 Å². The lowest BCUT2D eigenvalue weighted by atomic mass is 10.2. The number of pyridine rings is 1. The van der Waals surface area contributed by atoms with Crippen molar-refractivity contribution in [1.82, 2.24) is 4.98 Å². The minimum absolute atomic E-state index is 0.285. The number of halogens is 8. The smallest absolute Gasteiger partial charge is 0.416 e. The van der Waals surface area contributed by atoms with Crippen LogP contribution >= 0.6 is 11.6 Å². The van der Waals surface area contributed by atoms with Crippen molar-refractivity contribution in [2.75, 3.05) is 6.61 Å². The molecule has 1 aromatic heterocycles. The third kappa shape index (κ3) is 4.41. The summed E-state index contributed by atoms with van der Waals surface area (Å²) >= 11 is 5.24. The lowest BCUT2D eigenvalue weighted by Gasteiger charge is -2.16. The van der Waals surface area contributed by atoms with Crippen LogP contribution in [-0.4, -0.2) is 23.9 Å². The number of hydrogen-bond acceptors (Lipinski definition) is 2. The highest BCUT2D eigenvalue weighted by Crippen LogP contribution is 2.33.